The molecule has 1 aliphatic heterocycles. The third kappa shape index (κ3) is 3.17. The SMILES string of the molecule is CC12CN(c3cccc(Cl)c3)C[C@H]1C2Cc1noc(Cn2ncc3ncccc3c2=O)n1. The van der Waals surface area contributed by atoms with E-state index in [4.69, 9.17) is 16.1 Å². The van der Waals surface area contributed by atoms with E-state index in [2.05, 4.69) is 38.1 Å². The van der Waals surface area contributed by atoms with Gasteiger partial charge in [0.25, 0.3) is 5.56 Å². The topological polar surface area (TPSA) is 89.9 Å². The van der Waals surface area contributed by atoms with Gasteiger partial charge < -0.3 is 9.42 Å². The highest BCUT2D eigenvalue weighted by Crippen LogP contribution is 2.64. The smallest absolute Gasteiger partial charge is 0.276 e. The molecule has 2 fully saturated rings. The summed E-state index contributed by atoms with van der Waals surface area (Å²) in [6, 6.07) is 11.5. The maximum atomic E-state index is 12.6. The van der Waals surface area contributed by atoms with E-state index in [1.54, 1.807) is 24.5 Å². The van der Waals surface area contributed by atoms with Crippen LogP contribution in [0.2, 0.25) is 5.02 Å². The van der Waals surface area contributed by atoms with Crippen molar-refractivity contribution < 1.29 is 4.52 Å². The number of halogens is 1. The van der Waals surface area contributed by atoms with Crippen LogP contribution in [0.3, 0.4) is 0 Å². The molecule has 1 aromatic carbocycles. The number of fused-ring (bicyclic) bond motifs is 2. The van der Waals surface area contributed by atoms with Crippen LogP contribution in [0.5, 0.6) is 0 Å². The summed E-state index contributed by atoms with van der Waals surface area (Å²) < 4.78 is 6.75. The van der Waals surface area contributed by atoms with Crippen molar-refractivity contribution in [3.05, 3.63) is 75.9 Å². The van der Waals surface area contributed by atoms with E-state index in [1.807, 2.05) is 18.2 Å². The quantitative estimate of drug-likeness (QED) is 0.463. The van der Waals surface area contributed by atoms with Gasteiger partial charge in [0.05, 0.1) is 17.1 Å². The summed E-state index contributed by atoms with van der Waals surface area (Å²) in [5, 5.41) is 9.63. The Bertz CT molecular complexity index is 1380. The summed E-state index contributed by atoms with van der Waals surface area (Å²) in [5.41, 5.74) is 1.77. The number of hydrogen-bond acceptors (Lipinski definition) is 7. The van der Waals surface area contributed by atoms with Crippen LogP contribution in [-0.2, 0) is 13.0 Å². The highest BCUT2D eigenvalue weighted by Gasteiger charge is 2.65. The van der Waals surface area contributed by atoms with Crippen molar-refractivity contribution in [2.24, 2.45) is 17.3 Å². The Kier molecular flexibility index (Phi) is 4.33. The van der Waals surface area contributed by atoms with E-state index in [1.165, 1.54) is 10.4 Å². The molecule has 0 radical (unpaired) electrons. The third-order valence-corrected chi connectivity index (χ3v) is 7.25. The molecule has 4 heterocycles. The predicted octanol–water partition coefficient (Wildman–Crippen LogP) is 3.19. The lowest BCUT2D eigenvalue weighted by molar-refractivity contribution is 0.357. The first-order chi connectivity index (χ1) is 15.5. The summed E-state index contributed by atoms with van der Waals surface area (Å²) in [6.07, 6.45) is 3.99. The van der Waals surface area contributed by atoms with Gasteiger partial charge in [0.2, 0.25) is 5.89 Å². The van der Waals surface area contributed by atoms with Gasteiger partial charge in [-0.3, -0.25) is 9.78 Å². The first-order valence-electron chi connectivity index (χ1n) is 10.6. The molecule has 32 heavy (non-hydrogen) atoms. The molecule has 9 heteroatoms. The molecule has 162 valence electrons. The standard InChI is InChI=1S/C23H21ClN6O2/c1-23-13-29(15-5-2-4-14(24)8-15)11-18(23)17(23)9-20-27-21(32-28-20)12-30-22(31)16-6-3-7-25-19(16)10-26-30/h2-8,10,17-18H,9,11-13H2,1H3/t17?,18-,23?/m0/s1. The van der Waals surface area contributed by atoms with Gasteiger partial charge in [0.1, 0.15) is 6.54 Å². The Hall–Kier alpha value is -3.26. The largest absolute Gasteiger partial charge is 0.371 e. The predicted molar refractivity (Wildman–Crippen MR) is 120 cm³/mol. The van der Waals surface area contributed by atoms with Crippen LogP contribution in [-0.4, -0.2) is 38.0 Å². The summed E-state index contributed by atoms with van der Waals surface area (Å²) in [6.45, 7) is 4.49. The van der Waals surface area contributed by atoms with Crippen LogP contribution in [0, 0.1) is 17.3 Å². The first-order valence-corrected chi connectivity index (χ1v) is 11.0. The van der Waals surface area contributed by atoms with Crippen LogP contribution in [0.1, 0.15) is 18.6 Å². The Morgan fingerprint density at radius 3 is 3.00 bits per heavy atom. The van der Waals surface area contributed by atoms with Crippen LogP contribution >= 0.6 is 11.6 Å². The van der Waals surface area contributed by atoms with Crippen molar-refractivity contribution >= 4 is 28.2 Å². The number of nitrogens with zero attached hydrogens (tertiary/aromatic N) is 6. The second-order valence-corrected chi connectivity index (χ2v) is 9.37. The molecule has 0 spiro atoms. The molecule has 1 saturated carbocycles. The molecule has 0 N–H and O–H groups in total. The van der Waals surface area contributed by atoms with E-state index in [0.717, 1.165) is 24.5 Å². The minimum Gasteiger partial charge on any atom is -0.371 e. The van der Waals surface area contributed by atoms with E-state index < -0.39 is 0 Å². The normalized spacial score (nSPS) is 24.1. The first kappa shape index (κ1) is 19.4. The second kappa shape index (κ2) is 7.13. The summed E-state index contributed by atoms with van der Waals surface area (Å²) >= 11 is 6.16. The van der Waals surface area contributed by atoms with E-state index in [0.29, 0.717) is 34.5 Å². The van der Waals surface area contributed by atoms with Crippen molar-refractivity contribution in [1.82, 2.24) is 24.9 Å². The molecular formula is C23H21ClN6O2. The van der Waals surface area contributed by atoms with Gasteiger partial charge in [-0.25, -0.2) is 4.68 Å². The number of rotatable bonds is 5. The highest BCUT2D eigenvalue weighted by atomic mass is 35.5. The summed E-state index contributed by atoms with van der Waals surface area (Å²) in [5.74, 6) is 2.19. The molecule has 1 saturated heterocycles. The zero-order valence-corrected chi connectivity index (χ0v) is 18.2. The Balaban J connectivity index is 1.13. The van der Waals surface area contributed by atoms with Crippen LogP contribution in [0.4, 0.5) is 5.69 Å². The maximum Gasteiger partial charge on any atom is 0.276 e. The van der Waals surface area contributed by atoms with Crippen molar-refractivity contribution in [2.75, 3.05) is 18.0 Å². The van der Waals surface area contributed by atoms with Gasteiger partial charge >= 0.3 is 0 Å². The molecule has 8 nitrogen and oxygen atoms in total. The van der Waals surface area contributed by atoms with Gasteiger partial charge in [-0.15, -0.1) is 0 Å². The minimum atomic E-state index is -0.222. The van der Waals surface area contributed by atoms with Gasteiger partial charge in [-0.05, 0) is 47.6 Å². The molecule has 2 unspecified atom stereocenters. The molecule has 0 amide bonds. The number of hydrogen-bond donors (Lipinski definition) is 0. The summed E-state index contributed by atoms with van der Waals surface area (Å²) in [4.78, 5) is 23.7. The molecular weight excluding hydrogens is 428 g/mol. The Morgan fingerprint density at radius 2 is 2.19 bits per heavy atom. The third-order valence-electron chi connectivity index (χ3n) is 7.01. The lowest BCUT2D eigenvalue weighted by Gasteiger charge is -2.24. The molecule has 3 atom stereocenters. The lowest BCUT2D eigenvalue weighted by atomic mass is 10.0. The second-order valence-electron chi connectivity index (χ2n) is 8.93. The van der Waals surface area contributed by atoms with Crippen LogP contribution < -0.4 is 10.5 Å². The van der Waals surface area contributed by atoms with Gasteiger partial charge in [-0.2, -0.15) is 10.1 Å². The number of anilines is 1. The summed E-state index contributed by atoms with van der Waals surface area (Å²) in [7, 11) is 0. The molecule has 6 rings (SSSR count). The Labute approximate surface area is 188 Å². The van der Waals surface area contributed by atoms with E-state index >= 15 is 0 Å². The fraction of sp³-hybridized carbons (Fsp3) is 0.348. The van der Waals surface area contributed by atoms with Crippen molar-refractivity contribution in [3.63, 3.8) is 0 Å². The van der Waals surface area contributed by atoms with Gasteiger partial charge in [0.15, 0.2) is 5.82 Å². The number of aromatic nitrogens is 5. The zero-order valence-electron chi connectivity index (χ0n) is 17.5. The average molecular weight is 449 g/mol. The maximum absolute atomic E-state index is 12.6. The molecule has 1 aliphatic carbocycles. The van der Waals surface area contributed by atoms with Crippen molar-refractivity contribution in [3.8, 4) is 0 Å². The van der Waals surface area contributed by atoms with Crippen molar-refractivity contribution in [1.29, 1.82) is 0 Å². The Morgan fingerprint density at radius 1 is 1.28 bits per heavy atom. The van der Waals surface area contributed by atoms with E-state index in [-0.39, 0.29) is 17.5 Å². The van der Waals surface area contributed by atoms with Crippen LogP contribution in [0.15, 0.2) is 58.1 Å². The fourth-order valence-corrected chi connectivity index (χ4v) is 5.37. The fourth-order valence-electron chi connectivity index (χ4n) is 5.18. The molecule has 0 bridgehead atoms. The molecule has 4 aromatic rings. The molecule has 2 aliphatic rings. The van der Waals surface area contributed by atoms with E-state index in [9.17, 15) is 4.79 Å². The molecule has 3 aromatic heterocycles. The number of piperidine rings is 1. The highest BCUT2D eigenvalue weighted by molar-refractivity contribution is 6.30. The number of benzene rings is 1. The lowest BCUT2D eigenvalue weighted by Crippen LogP contribution is -2.27. The van der Waals surface area contributed by atoms with Gasteiger partial charge in [-0.1, -0.05) is 29.7 Å². The van der Waals surface area contributed by atoms with Gasteiger partial charge in [0, 0.05) is 36.4 Å². The average Bonchev–Trinajstić information content (AvgIpc) is 3.13. The zero-order chi connectivity index (χ0) is 21.9. The monoisotopic (exact) mass is 448 g/mol. The van der Waals surface area contributed by atoms with Crippen molar-refractivity contribution in [2.45, 2.75) is 19.9 Å². The van der Waals surface area contributed by atoms with Crippen LogP contribution in [0.25, 0.3) is 10.9 Å². The number of pyridine rings is 1. The minimum absolute atomic E-state index is 0.143.